The lowest BCUT2D eigenvalue weighted by molar-refractivity contribution is 0.777. The second kappa shape index (κ2) is 2.85. The maximum Gasteiger partial charge on any atom is 0.188 e. The molecule has 5 nitrogen and oxygen atoms in total. The van der Waals surface area contributed by atoms with Gasteiger partial charge in [0.05, 0.1) is 11.4 Å². The molecule has 68 valence electrons. The summed E-state index contributed by atoms with van der Waals surface area (Å²) in [6.07, 6.45) is -0.185. The molecule has 1 aromatic rings. The third-order valence-corrected chi connectivity index (χ3v) is 1.83. The Hall–Kier alpha value is -1.91. The van der Waals surface area contributed by atoms with Crippen molar-refractivity contribution < 1.29 is 0 Å². The summed E-state index contributed by atoms with van der Waals surface area (Å²) >= 11 is 0. The summed E-state index contributed by atoms with van der Waals surface area (Å²) in [5, 5.41) is 16.0. The van der Waals surface area contributed by atoms with E-state index in [0.717, 1.165) is 11.4 Å². The highest BCUT2D eigenvalue weighted by Gasteiger charge is 2.17. The van der Waals surface area contributed by atoms with Crippen molar-refractivity contribution in [3.8, 4) is 0 Å². The van der Waals surface area contributed by atoms with Crippen LogP contribution < -0.4 is 21.7 Å². The Morgan fingerprint density at radius 2 is 1.85 bits per heavy atom. The monoisotopic (exact) mass is 177 g/mol. The van der Waals surface area contributed by atoms with Gasteiger partial charge < -0.3 is 21.7 Å². The Kier molecular flexibility index (Phi) is 1.70. The van der Waals surface area contributed by atoms with Crippen LogP contribution in [0.25, 0.3) is 0 Å². The first-order chi connectivity index (χ1) is 6.25. The number of rotatable bonds is 1. The number of para-hydroxylation sites is 2. The number of hydrogen-bond donors (Lipinski definition) is 5. The second-order valence-electron chi connectivity index (χ2n) is 2.83. The molecule has 0 aromatic heterocycles. The molecule has 0 spiro atoms. The lowest BCUT2D eigenvalue weighted by atomic mass is 10.3. The van der Waals surface area contributed by atoms with Crippen LogP contribution in [0, 0.1) is 5.41 Å². The minimum atomic E-state index is -0.185. The zero-order valence-corrected chi connectivity index (χ0v) is 6.96. The van der Waals surface area contributed by atoms with Gasteiger partial charge in [0.25, 0.3) is 0 Å². The van der Waals surface area contributed by atoms with E-state index < -0.39 is 0 Å². The van der Waals surface area contributed by atoms with Crippen molar-refractivity contribution in [3.63, 3.8) is 0 Å². The maximum absolute atomic E-state index is 7.05. The van der Waals surface area contributed by atoms with E-state index in [2.05, 4.69) is 16.0 Å². The van der Waals surface area contributed by atoms with Crippen molar-refractivity contribution in [2.24, 2.45) is 5.73 Å². The van der Waals surface area contributed by atoms with Crippen LogP contribution in [0.5, 0.6) is 0 Å². The van der Waals surface area contributed by atoms with Crippen molar-refractivity contribution >= 4 is 17.3 Å². The number of guanidine groups is 1. The molecule has 0 fully saturated rings. The van der Waals surface area contributed by atoms with Gasteiger partial charge in [0.2, 0.25) is 0 Å². The Balaban J connectivity index is 2.09. The molecule has 13 heavy (non-hydrogen) atoms. The molecule has 1 aliphatic rings. The maximum atomic E-state index is 7.05. The predicted octanol–water partition coefficient (Wildman–Crippen LogP) is 0.291. The number of benzene rings is 1. The lowest BCUT2D eigenvalue weighted by Gasteiger charge is -2.13. The van der Waals surface area contributed by atoms with Gasteiger partial charge in [0, 0.05) is 0 Å². The van der Waals surface area contributed by atoms with Gasteiger partial charge in [-0.05, 0) is 12.1 Å². The molecule has 1 heterocycles. The Labute approximate surface area is 75.8 Å². The topological polar surface area (TPSA) is 86.0 Å². The van der Waals surface area contributed by atoms with E-state index in [9.17, 15) is 0 Å². The molecule has 0 radical (unpaired) electrons. The van der Waals surface area contributed by atoms with Gasteiger partial charge in [0.1, 0.15) is 0 Å². The number of nitrogens with two attached hydrogens (primary N) is 1. The largest absolute Gasteiger partial charge is 0.370 e. The Bertz CT molecular complexity index is 310. The number of fused-ring (bicyclic) bond motifs is 1. The smallest absolute Gasteiger partial charge is 0.188 e. The summed E-state index contributed by atoms with van der Waals surface area (Å²) in [6.45, 7) is 0. The molecule has 2 rings (SSSR count). The van der Waals surface area contributed by atoms with Crippen LogP contribution in [0.2, 0.25) is 0 Å². The first kappa shape index (κ1) is 7.72. The summed E-state index contributed by atoms with van der Waals surface area (Å²) in [5.74, 6) is -0.0576. The van der Waals surface area contributed by atoms with E-state index in [1.807, 2.05) is 24.3 Å². The highest BCUT2D eigenvalue weighted by Crippen LogP contribution is 2.26. The molecule has 0 atom stereocenters. The highest BCUT2D eigenvalue weighted by atomic mass is 15.4. The van der Waals surface area contributed by atoms with Gasteiger partial charge in [-0.15, -0.1) is 0 Å². The van der Waals surface area contributed by atoms with E-state index in [0.29, 0.717) is 0 Å². The molecule has 0 unspecified atom stereocenters. The van der Waals surface area contributed by atoms with E-state index in [-0.39, 0.29) is 12.2 Å². The molecule has 5 heteroatoms. The van der Waals surface area contributed by atoms with Gasteiger partial charge >= 0.3 is 0 Å². The fourth-order valence-corrected chi connectivity index (χ4v) is 1.31. The minimum absolute atomic E-state index is 0.0576. The number of anilines is 2. The molecule has 0 amide bonds. The molecule has 0 saturated carbocycles. The van der Waals surface area contributed by atoms with Crippen LogP contribution >= 0.6 is 0 Å². The minimum Gasteiger partial charge on any atom is -0.370 e. The van der Waals surface area contributed by atoms with Gasteiger partial charge in [-0.3, -0.25) is 5.41 Å². The summed E-state index contributed by atoms with van der Waals surface area (Å²) in [6, 6.07) is 7.82. The van der Waals surface area contributed by atoms with Crippen LogP contribution in [0.3, 0.4) is 0 Å². The van der Waals surface area contributed by atoms with E-state index >= 15 is 0 Å². The van der Waals surface area contributed by atoms with Crippen LogP contribution in [0.15, 0.2) is 24.3 Å². The predicted molar refractivity (Wildman–Crippen MR) is 52.5 cm³/mol. The first-order valence-electron chi connectivity index (χ1n) is 3.98. The molecule has 0 bridgehead atoms. The van der Waals surface area contributed by atoms with E-state index in [1.165, 1.54) is 0 Å². The van der Waals surface area contributed by atoms with Crippen LogP contribution in [0.1, 0.15) is 0 Å². The highest BCUT2D eigenvalue weighted by molar-refractivity contribution is 5.79. The normalized spacial score (nSPS) is 14.2. The first-order valence-corrected chi connectivity index (χ1v) is 3.98. The zero-order valence-electron chi connectivity index (χ0n) is 6.96. The molecular weight excluding hydrogens is 166 g/mol. The fraction of sp³-hybridized carbons (Fsp3) is 0.125. The van der Waals surface area contributed by atoms with Crippen LogP contribution in [-0.4, -0.2) is 12.2 Å². The van der Waals surface area contributed by atoms with Gasteiger partial charge in [-0.2, -0.15) is 0 Å². The van der Waals surface area contributed by atoms with E-state index in [4.69, 9.17) is 11.1 Å². The second-order valence-corrected chi connectivity index (χ2v) is 2.83. The molecule has 1 aliphatic heterocycles. The molecule has 0 saturated heterocycles. The molecule has 6 N–H and O–H groups in total. The van der Waals surface area contributed by atoms with Gasteiger partial charge in [0.15, 0.2) is 12.2 Å². The van der Waals surface area contributed by atoms with Gasteiger partial charge in [-0.25, -0.2) is 0 Å². The average Bonchev–Trinajstić information content (AvgIpc) is 2.44. The third kappa shape index (κ3) is 1.48. The zero-order chi connectivity index (χ0) is 9.26. The summed E-state index contributed by atoms with van der Waals surface area (Å²) in [7, 11) is 0. The van der Waals surface area contributed by atoms with Crippen molar-refractivity contribution in [1.82, 2.24) is 5.32 Å². The van der Waals surface area contributed by atoms with E-state index in [1.54, 1.807) is 0 Å². The Morgan fingerprint density at radius 1 is 1.31 bits per heavy atom. The quantitative estimate of drug-likeness (QED) is 0.315. The van der Waals surface area contributed by atoms with Crippen molar-refractivity contribution in [1.29, 1.82) is 5.41 Å². The Morgan fingerprint density at radius 3 is 2.31 bits per heavy atom. The van der Waals surface area contributed by atoms with Gasteiger partial charge in [-0.1, -0.05) is 12.1 Å². The number of nitrogens with one attached hydrogen (secondary N) is 4. The fourth-order valence-electron chi connectivity index (χ4n) is 1.31. The molecule has 0 aliphatic carbocycles. The molecule has 1 aromatic carbocycles. The third-order valence-electron chi connectivity index (χ3n) is 1.83. The summed E-state index contributed by atoms with van der Waals surface area (Å²) < 4.78 is 0. The summed E-state index contributed by atoms with van der Waals surface area (Å²) in [5.41, 5.74) is 7.23. The SMILES string of the molecule is N=C(N)NC1Nc2ccccc2N1. The lowest BCUT2D eigenvalue weighted by Crippen LogP contribution is -2.45. The summed E-state index contributed by atoms with van der Waals surface area (Å²) in [4.78, 5) is 0. The van der Waals surface area contributed by atoms with Crippen molar-refractivity contribution in [2.45, 2.75) is 6.29 Å². The molecular formula is C8H11N5. The average molecular weight is 177 g/mol. The van der Waals surface area contributed by atoms with Crippen molar-refractivity contribution in [3.05, 3.63) is 24.3 Å². The van der Waals surface area contributed by atoms with Crippen LogP contribution in [0.4, 0.5) is 11.4 Å². The van der Waals surface area contributed by atoms with Crippen LogP contribution in [-0.2, 0) is 0 Å². The standard InChI is InChI=1S/C8H11N5/c9-7(10)13-8-11-5-3-1-2-4-6(5)12-8/h1-4,8,11-12H,(H4,9,10,13). The van der Waals surface area contributed by atoms with Crippen molar-refractivity contribution in [2.75, 3.05) is 10.6 Å². The number of hydrogen-bond acceptors (Lipinski definition) is 3.